The van der Waals surface area contributed by atoms with Crippen molar-refractivity contribution in [3.8, 4) is 28.7 Å². The van der Waals surface area contributed by atoms with E-state index < -0.39 is 24.0 Å². The summed E-state index contributed by atoms with van der Waals surface area (Å²) >= 11 is 0. The summed E-state index contributed by atoms with van der Waals surface area (Å²) in [5.74, 6) is 2.27. The normalized spacial score (nSPS) is 15.8. The lowest BCUT2D eigenvalue weighted by Crippen LogP contribution is -2.50. The van der Waals surface area contributed by atoms with Crippen molar-refractivity contribution in [2.24, 2.45) is 0 Å². The molecule has 0 N–H and O–H groups in total. The van der Waals surface area contributed by atoms with Crippen molar-refractivity contribution >= 4 is 11.9 Å². The molecule has 4 rings (SSSR count). The molecule has 0 aliphatic carbocycles. The van der Waals surface area contributed by atoms with Crippen LogP contribution in [0, 0.1) is 6.92 Å². The molecule has 0 spiro atoms. The highest BCUT2D eigenvalue weighted by molar-refractivity contribution is 5.89. The molecule has 248 valence electrons. The Kier molecular flexibility index (Phi) is 12.2. The van der Waals surface area contributed by atoms with E-state index in [2.05, 4.69) is 0 Å². The number of piperidine rings is 1. The van der Waals surface area contributed by atoms with E-state index in [1.807, 2.05) is 68.4 Å². The van der Waals surface area contributed by atoms with E-state index in [9.17, 15) is 9.59 Å². The zero-order chi connectivity index (χ0) is 33.2. The Bertz CT molecular complexity index is 1490. The topological polar surface area (TPSA) is 92.8 Å². The van der Waals surface area contributed by atoms with Crippen LogP contribution in [0.1, 0.15) is 73.3 Å². The smallest absolute Gasteiger partial charge is 0.329 e. The van der Waals surface area contributed by atoms with Crippen LogP contribution in [0.3, 0.4) is 0 Å². The molecular formula is C37H47NO8. The molecule has 1 heterocycles. The predicted molar refractivity (Wildman–Crippen MR) is 176 cm³/mol. The molecule has 3 aromatic rings. The third kappa shape index (κ3) is 7.87. The van der Waals surface area contributed by atoms with Crippen molar-refractivity contribution in [3.63, 3.8) is 0 Å². The summed E-state index contributed by atoms with van der Waals surface area (Å²) in [4.78, 5) is 29.9. The molecule has 1 saturated heterocycles. The molecule has 0 saturated carbocycles. The Morgan fingerprint density at radius 3 is 2.26 bits per heavy atom. The van der Waals surface area contributed by atoms with Crippen molar-refractivity contribution in [2.75, 3.05) is 42.1 Å². The molecule has 3 unspecified atom stereocenters. The largest absolute Gasteiger partial charge is 0.497 e. The van der Waals surface area contributed by atoms with E-state index in [1.165, 1.54) is 0 Å². The first-order chi connectivity index (χ1) is 22.3. The zero-order valence-corrected chi connectivity index (χ0v) is 28.1. The number of esters is 1. The maximum Gasteiger partial charge on any atom is 0.329 e. The Morgan fingerprint density at radius 2 is 1.59 bits per heavy atom. The number of nitrogens with zero attached hydrogens (tertiary/aromatic N) is 1. The minimum absolute atomic E-state index is 0.0842. The summed E-state index contributed by atoms with van der Waals surface area (Å²) in [6.45, 7) is 4.42. The van der Waals surface area contributed by atoms with Crippen LogP contribution >= 0.6 is 0 Å². The van der Waals surface area contributed by atoms with Crippen LogP contribution in [-0.2, 0) is 20.7 Å². The summed E-state index contributed by atoms with van der Waals surface area (Å²) in [6.07, 6.45) is 3.39. The summed E-state index contributed by atoms with van der Waals surface area (Å²) < 4.78 is 33.7. The number of ether oxygens (including phenoxy) is 6. The first-order valence-electron chi connectivity index (χ1n) is 15.9. The Balaban J connectivity index is 1.59. The Morgan fingerprint density at radius 1 is 0.826 bits per heavy atom. The van der Waals surface area contributed by atoms with Crippen molar-refractivity contribution in [3.05, 3.63) is 76.9 Å². The highest BCUT2D eigenvalue weighted by atomic mass is 16.5. The third-order valence-corrected chi connectivity index (χ3v) is 8.72. The lowest BCUT2D eigenvalue weighted by Gasteiger charge is -2.37. The Hall–Kier alpha value is -4.40. The van der Waals surface area contributed by atoms with Gasteiger partial charge in [0.1, 0.15) is 17.9 Å². The third-order valence-electron chi connectivity index (χ3n) is 8.72. The van der Waals surface area contributed by atoms with Crippen LogP contribution in [0.2, 0.25) is 0 Å². The van der Waals surface area contributed by atoms with Gasteiger partial charge in [0, 0.05) is 6.54 Å². The van der Waals surface area contributed by atoms with Gasteiger partial charge in [-0.3, -0.25) is 4.79 Å². The second-order valence-corrected chi connectivity index (χ2v) is 11.5. The van der Waals surface area contributed by atoms with E-state index in [4.69, 9.17) is 28.4 Å². The monoisotopic (exact) mass is 633 g/mol. The van der Waals surface area contributed by atoms with Crippen molar-refractivity contribution in [1.82, 2.24) is 4.90 Å². The predicted octanol–water partition coefficient (Wildman–Crippen LogP) is 6.83. The average molecular weight is 634 g/mol. The number of carbonyl (C=O) groups is 2. The van der Waals surface area contributed by atoms with Crippen LogP contribution in [0.4, 0.5) is 0 Å². The van der Waals surface area contributed by atoms with Crippen LogP contribution < -0.4 is 23.7 Å². The second kappa shape index (κ2) is 16.2. The second-order valence-electron chi connectivity index (χ2n) is 11.5. The van der Waals surface area contributed by atoms with E-state index in [0.29, 0.717) is 61.0 Å². The summed E-state index contributed by atoms with van der Waals surface area (Å²) in [5.41, 5.74) is 3.57. The zero-order valence-electron chi connectivity index (χ0n) is 28.1. The summed E-state index contributed by atoms with van der Waals surface area (Å²) in [6, 6.07) is 16.5. The van der Waals surface area contributed by atoms with E-state index in [0.717, 1.165) is 35.1 Å². The van der Waals surface area contributed by atoms with Crippen LogP contribution in [-0.4, -0.2) is 64.9 Å². The van der Waals surface area contributed by atoms with Gasteiger partial charge in [0.15, 0.2) is 23.0 Å². The molecule has 1 aliphatic heterocycles. The van der Waals surface area contributed by atoms with Gasteiger partial charge in [-0.1, -0.05) is 31.2 Å². The summed E-state index contributed by atoms with van der Waals surface area (Å²) in [7, 11) is 8.01. The molecule has 3 atom stereocenters. The standard InChI is InChI=1S/C37H47NO8/c1-8-29(27-20-24(2)35(45-7)34(23-27)44-6)36(39)38-19-10-9-14-30(38)37(40)46-31(26-12-11-13-28(22-26)41-3)17-15-25-16-18-32(42-4)33(21-25)43-5/h11-13,16,18,20-23,29-31H,8-10,14-15,17,19H2,1-7H3. The maximum absolute atomic E-state index is 14.2. The molecule has 0 bridgehead atoms. The summed E-state index contributed by atoms with van der Waals surface area (Å²) in [5, 5.41) is 0. The molecule has 9 nitrogen and oxygen atoms in total. The van der Waals surface area contributed by atoms with Gasteiger partial charge < -0.3 is 33.3 Å². The Labute approximate surface area is 272 Å². The molecule has 1 aliphatic rings. The highest BCUT2D eigenvalue weighted by Gasteiger charge is 2.38. The van der Waals surface area contributed by atoms with Crippen LogP contribution in [0.15, 0.2) is 54.6 Å². The van der Waals surface area contributed by atoms with E-state index >= 15 is 0 Å². The molecule has 3 aromatic carbocycles. The van der Waals surface area contributed by atoms with Gasteiger partial charge in [-0.15, -0.1) is 0 Å². The van der Waals surface area contributed by atoms with Gasteiger partial charge >= 0.3 is 5.97 Å². The first kappa shape index (κ1) is 34.5. The van der Waals surface area contributed by atoms with Crippen molar-refractivity contribution in [2.45, 2.75) is 70.4 Å². The first-order valence-corrected chi connectivity index (χ1v) is 15.9. The molecule has 1 amide bonds. The van der Waals surface area contributed by atoms with Crippen molar-refractivity contribution < 1.29 is 38.0 Å². The lowest BCUT2D eigenvalue weighted by molar-refractivity contribution is -0.162. The van der Waals surface area contributed by atoms with E-state index in [-0.39, 0.29) is 5.91 Å². The number of methoxy groups -OCH3 is 5. The fraction of sp³-hybridized carbons (Fsp3) is 0.459. The molecule has 9 heteroatoms. The SMILES string of the molecule is CCC(C(=O)N1CCCCC1C(=O)OC(CCc1ccc(OC)c(OC)c1)c1cccc(OC)c1)c1cc(C)c(OC)c(OC)c1. The maximum atomic E-state index is 14.2. The fourth-order valence-electron chi connectivity index (χ4n) is 6.26. The number of hydrogen-bond donors (Lipinski definition) is 0. The van der Waals surface area contributed by atoms with E-state index in [1.54, 1.807) is 40.4 Å². The van der Waals surface area contributed by atoms with Gasteiger partial charge in [-0.2, -0.15) is 0 Å². The molecular weight excluding hydrogens is 586 g/mol. The number of amides is 1. The number of likely N-dealkylation sites (tertiary alicyclic amines) is 1. The van der Waals surface area contributed by atoms with Gasteiger partial charge in [0.2, 0.25) is 5.91 Å². The quantitative estimate of drug-likeness (QED) is 0.179. The highest BCUT2D eigenvalue weighted by Crippen LogP contribution is 2.37. The fourth-order valence-corrected chi connectivity index (χ4v) is 6.26. The van der Waals surface area contributed by atoms with Gasteiger partial charge in [0.05, 0.1) is 41.5 Å². The number of benzene rings is 3. The number of hydrogen-bond acceptors (Lipinski definition) is 8. The molecule has 1 fully saturated rings. The number of carbonyl (C=O) groups excluding carboxylic acids is 2. The van der Waals surface area contributed by atoms with Crippen LogP contribution in [0.5, 0.6) is 28.7 Å². The molecule has 46 heavy (non-hydrogen) atoms. The number of aryl methyl sites for hydroxylation is 2. The lowest BCUT2D eigenvalue weighted by atomic mass is 9.91. The minimum Gasteiger partial charge on any atom is -0.497 e. The number of rotatable bonds is 14. The van der Waals surface area contributed by atoms with Crippen molar-refractivity contribution in [1.29, 1.82) is 0 Å². The van der Waals surface area contributed by atoms with Crippen LogP contribution in [0.25, 0.3) is 0 Å². The molecule has 0 radical (unpaired) electrons. The van der Waals surface area contributed by atoms with Gasteiger partial charge in [0.25, 0.3) is 0 Å². The average Bonchev–Trinajstić information content (AvgIpc) is 3.09. The van der Waals surface area contributed by atoms with Gasteiger partial charge in [-0.25, -0.2) is 4.79 Å². The van der Waals surface area contributed by atoms with Gasteiger partial charge in [-0.05, 0) is 98.0 Å². The molecule has 0 aromatic heterocycles. The minimum atomic E-state index is -0.675.